The Kier molecular flexibility index (Phi) is 7.83. The van der Waals surface area contributed by atoms with Gasteiger partial charge in [-0.3, -0.25) is 14.6 Å². The van der Waals surface area contributed by atoms with Crippen molar-refractivity contribution >= 4 is 51.8 Å². The Labute approximate surface area is 286 Å². The van der Waals surface area contributed by atoms with E-state index in [-0.39, 0.29) is 48.4 Å². The van der Waals surface area contributed by atoms with Crippen molar-refractivity contribution in [3.63, 3.8) is 0 Å². The molecule has 2 amide bonds. The molecular weight excluding hydrogens is 644 g/mol. The van der Waals surface area contributed by atoms with Crippen molar-refractivity contribution in [3.05, 3.63) is 107 Å². The highest BCUT2D eigenvalue weighted by Gasteiger charge is 2.35. The molecule has 3 aliphatic rings. The second kappa shape index (κ2) is 12.5. The number of halogens is 1. The second-order valence-electron chi connectivity index (χ2n) is 12.3. The summed E-state index contributed by atoms with van der Waals surface area (Å²) in [6.45, 7) is 0.856. The lowest BCUT2D eigenvalue weighted by Crippen LogP contribution is -2.44. The van der Waals surface area contributed by atoms with Gasteiger partial charge in [0.2, 0.25) is 5.91 Å². The number of carbonyl (C=O) groups excluding carboxylic acids is 2. The highest BCUT2D eigenvalue weighted by Crippen LogP contribution is 2.45. The van der Waals surface area contributed by atoms with E-state index in [1.165, 1.54) is 19.0 Å². The summed E-state index contributed by atoms with van der Waals surface area (Å²) in [6.07, 6.45) is 3.78. The molecule has 1 aromatic heterocycles. The van der Waals surface area contributed by atoms with E-state index in [9.17, 15) is 14.7 Å². The topological polar surface area (TPSA) is 130 Å². The molecule has 0 saturated heterocycles. The number of nitrogens with zero attached hydrogens (tertiary/aromatic N) is 6. The van der Waals surface area contributed by atoms with E-state index >= 15 is 0 Å². The molecule has 0 bridgehead atoms. The van der Waals surface area contributed by atoms with Crippen molar-refractivity contribution in [1.29, 1.82) is 0 Å². The molecular formula is C37H31ClN6O5. The van der Waals surface area contributed by atoms with Crippen LogP contribution in [0.5, 0.6) is 17.2 Å². The van der Waals surface area contributed by atoms with E-state index in [4.69, 9.17) is 21.1 Å². The third-order valence-corrected chi connectivity index (χ3v) is 9.79. The number of fused-ring (bicyclic) bond motifs is 6. The number of phenolic OH excluding ortho intramolecular Hbond substituents is 1. The van der Waals surface area contributed by atoms with Crippen molar-refractivity contribution in [3.8, 4) is 17.2 Å². The molecule has 4 aromatic carbocycles. The van der Waals surface area contributed by atoms with Crippen molar-refractivity contribution < 1.29 is 24.2 Å². The van der Waals surface area contributed by atoms with Crippen molar-refractivity contribution in [1.82, 2.24) is 19.9 Å². The molecule has 0 spiro atoms. The molecule has 1 N–H and O–H groups in total. The first-order valence-electron chi connectivity index (χ1n) is 16.0. The van der Waals surface area contributed by atoms with Crippen LogP contribution in [-0.2, 0) is 30.8 Å². The zero-order valence-corrected chi connectivity index (χ0v) is 27.3. The van der Waals surface area contributed by atoms with Crippen LogP contribution in [0, 0.1) is 0 Å². The van der Waals surface area contributed by atoms with Gasteiger partial charge in [-0.1, -0.05) is 48.5 Å². The first kappa shape index (κ1) is 30.8. The lowest BCUT2D eigenvalue weighted by Gasteiger charge is -2.34. The molecule has 5 aromatic rings. The number of benzene rings is 4. The highest BCUT2D eigenvalue weighted by molar-refractivity contribution is 6.19. The first-order chi connectivity index (χ1) is 23.9. The maximum absolute atomic E-state index is 13.7. The maximum Gasteiger partial charge on any atom is 0.257 e. The summed E-state index contributed by atoms with van der Waals surface area (Å²) in [4.78, 5) is 48.5. The summed E-state index contributed by atoms with van der Waals surface area (Å²) in [7, 11) is 1.51. The van der Waals surface area contributed by atoms with Crippen LogP contribution in [0.1, 0.15) is 44.6 Å². The van der Waals surface area contributed by atoms with Crippen molar-refractivity contribution in [2.75, 3.05) is 24.4 Å². The van der Waals surface area contributed by atoms with Crippen molar-refractivity contribution in [2.45, 2.75) is 38.0 Å². The average molecular weight is 675 g/mol. The second-order valence-corrected chi connectivity index (χ2v) is 12.6. The summed E-state index contributed by atoms with van der Waals surface area (Å²) in [5.74, 6) is 1.35. The molecule has 8 rings (SSSR count). The molecule has 4 heterocycles. The zero-order chi connectivity index (χ0) is 33.6. The number of ether oxygens (including phenoxy) is 2. The molecule has 0 radical (unpaired) electrons. The van der Waals surface area contributed by atoms with Gasteiger partial charge in [0.15, 0.2) is 17.3 Å². The number of aromatic nitrogens is 3. The normalized spacial score (nSPS) is 17.6. The van der Waals surface area contributed by atoms with Crippen LogP contribution >= 0.6 is 11.6 Å². The molecule has 3 aliphatic heterocycles. The number of rotatable bonds is 7. The van der Waals surface area contributed by atoms with E-state index in [1.807, 2.05) is 47.5 Å². The number of amides is 2. The smallest absolute Gasteiger partial charge is 0.257 e. The van der Waals surface area contributed by atoms with Crippen LogP contribution in [0.2, 0.25) is 0 Å². The number of hydrogen-bond acceptors (Lipinski definition) is 9. The predicted octanol–water partition coefficient (Wildman–Crippen LogP) is 5.51. The van der Waals surface area contributed by atoms with Crippen LogP contribution in [-0.4, -0.2) is 68.6 Å². The van der Waals surface area contributed by atoms with E-state index in [1.54, 1.807) is 23.1 Å². The summed E-state index contributed by atoms with van der Waals surface area (Å²) >= 11 is 6.35. The fraction of sp³-hybridized carbons (Fsp3) is 0.243. The Morgan fingerprint density at radius 3 is 2.59 bits per heavy atom. The van der Waals surface area contributed by atoms with Gasteiger partial charge in [0.25, 0.3) is 5.91 Å². The van der Waals surface area contributed by atoms with Gasteiger partial charge in [-0.25, -0.2) is 15.0 Å². The van der Waals surface area contributed by atoms with Crippen LogP contribution < -0.4 is 14.4 Å². The van der Waals surface area contributed by atoms with Crippen LogP contribution in [0.3, 0.4) is 0 Å². The van der Waals surface area contributed by atoms with Crippen LogP contribution in [0.4, 0.5) is 11.4 Å². The number of aliphatic imine (C=N–C) groups is 1. The van der Waals surface area contributed by atoms with Gasteiger partial charge >= 0.3 is 0 Å². The minimum absolute atomic E-state index is 0.0404. The molecule has 12 heteroatoms. The number of methoxy groups -OCH3 is 1. The van der Waals surface area contributed by atoms with Gasteiger partial charge in [0.05, 0.1) is 36.5 Å². The van der Waals surface area contributed by atoms with E-state index in [2.05, 4.69) is 32.1 Å². The molecule has 2 atom stereocenters. The summed E-state index contributed by atoms with van der Waals surface area (Å²) in [5, 5.41) is 12.3. The average Bonchev–Trinajstić information content (AvgIpc) is 3.45. The van der Waals surface area contributed by atoms with Gasteiger partial charge in [0, 0.05) is 48.6 Å². The minimum Gasteiger partial charge on any atom is -0.507 e. The Balaban J connectivity index is 0.997. The highest BCUT2D eigenvalue weighted by atomic mass is 35.5. The lowest BCUT2D eigenvalue weighted by molar-refractivity contribution is -0.118. The van der Waals surface area contributed by atoms with Crippen LogP contribution in [0.15, 0.2) is 78.0 Å². The van der Waals surface area contributed by atoms with Gasteiger partial charge in [-0.15, -0.1) is 11.6 Å². The lowest BCUT2D eigenvalue weighted by atomic mass is 9.94. The molecule has 49 heavy (non-hydrogen) atoms. The Hall–Kier alpha value is -5.55. The number of hydrogen-bond donors (Lipinski definition) is 1. The van der Waals surface area contributed by atoms with E-state index in [0.717, 1.165) is 21.9 Å². The summed E-state index contributed by atoms with van der Waals surface area (Å²) < 4.78 is 11.7. The molecule has 0 saturated carbocycles. The number of carbonyl (C=O) groups is 2. The number of anilines is 1. The number of phenols is 1. The molecule has 246 valence electrons. The van der Waals surface area contributed by atoms with Gasteiger partial charge in [-0.2, -0.15) is 0 Å². The number of alkyl halides is 1. The third-order valence-electron chi connectivity index (χ3n) is 9.42. The maximum atomic E-state index is 13.7. The monoisotopic (exact) mass is 674 g/mol. The van der Waals surface area contributed by atoms with Gasteiger partial charge in [0.1, 0.15) is 24.5 Å². The summed E-state index contributed by atoms with van der Waals surface area (Å²) in [5.41, 5.74) is 4.86. The zero-order valence-electron chi connectivity index (χ0n) is 26.5. The summed E-state index contributed by atoms with van der Waals surface area (Å²) in [6, 6.07) is 20.5. The Bertz CT molecular complexity index is 2170. The fourth-order valence-electron chi connectivity index (χ4n) is 7.01. The largest absolute Gasteiger partial charge is 0.507 e. The quantitative estimate of drug-likeness (QED) is 0.224. The van der Waals surface area contributed by atoms with Crippen LogP contribution in [0.25, 0.3) is 10.8 Å². The third kappa shape index (κ3) is 5.49. The molecule has 11 nitrogen and oxygen atoms in total. The minimum atomic E-state index is -0.226. The van der Waals surface area contributed by atoms with Gasteiger partial charge in [-0.05, 0) is 34.6 Å². The predicted molar refractivity (Wildman–Crippen MR) is 184 cm³/mol. The standard InChI is InChI=1S/C37H31ClN6O5/c1-48-31-11-27-28(39-16-24-10-21-6-2-3-7-22(21)17-43(24)37(27)47)12-32(31)49-19-34-41-20-40-33(42-34)14-35(46)44-18-23(15-38)36-26-9-5-4-8-25(26)30(45)13-29(36)44/h2-9,11-13,16,20,23-24,45H,10,14-15,17-19H2,1H3/t23-,24+/m1/s1. The van der Waals surface area contributed by atoms with Gasteiger partial charge < -0.3 is 24.4 Å². The molecule has 0 unspecified atom stereocenters. The van der Waals surface area contributed by atoms with Crippen molar-refractivity contribution in [2.24, 2.45) is 4.99 Å². The van der Waals surface area contributed by atoms with E-state index < -0.39 is 0 Å². The number of aromatic hydroxyl groups is 1. The fourth-order valence-corrected chi connectivity index (χ4v) is 7.26. The SMILES string of the molecule is COc1cc2c(cc1OCc1ncnc(CC(=O)N3C[C@@H](CCl)c4c3cc(O)c3ccccc43)n1)N=C[C@@H]1Cc3ccccc3CN1C2=O. The Morgan fingerprint density at radius 2 is 1.78 bits per heavy atom. The molecule has 0 fully saturated rings. The van der Waals surface area contributed by atoms with E-state index in [0.29, 0.717) is 59.7 Å². The Morgan fingerprint density at radius 1 is 1.00 bits per heavy atom. The molecule has 0 aliphatic carbocycles. The first-order valence-corrected chi connectivity index (χ1v) is 16.5.